The summed E-state index contributed by atoms with van der Waals surface area (Å²) in [5, 5.41) is 4.30. The number of hydrogen-bond donors (Lipinski definition) is 0. The van der Waals surface area contributed by atoms with E-state index >= 15 is 0 Å². The lowest BCUT2D eigenvalue weighted by Crippen LogP contribution is -2.07. The van der Waals surface area contributed by atoms with Gasteiger partial charge in [0.1, 0.15) is 17.1 Å². The molecule has 0 N–H and O–H groups in total. The van der Waals surface area contributed by atoms with Gasteiger partial charge in [-0.2, -0.15) is 5.10 Å². The van der Waals surface area contributed by atoms with Crippen LogP contribution in [-0.2, 0) is 13.5 Å². The zero-order valence-electron chi connectivity index (χ0n) is 12.1. The fraction of sp³-hybridized carbons (Fsp3) is 0.333. The number of aromatic nitrogens is 2. The third-order valence-electron chi connectivity index (χ3n) is 3.14. The Hall–Kier alpha value is -2.30. The van der Waals surface area contributed by atoms with Gasteiger partial charge in [0.05, 0.1) is 25.5 Å². The number of aryl methyl sites for hydroxylation is 2. The van der Waals surface area contributed by atoms with Crippen molar-refractivity contribution in [3.63, 3.8) is 0 Å². The van der Waals surface area contributed by atoms with E-state index in [1.54, 1.807) is 36.1 Å². The summed E-state index contributed by atoms with van der Waals surface area (Å²) in [7, 11) is 4.88. The normalized spacial score (nSPS) is 10.4. The summed E-state index contributed by atoms with van der Waals surface area (Å²) >= 11 is 0. The summed E-state index contributed by atoms with van der Waals surface area (Å²) in [6.45, 7) is 1.97. The number of carbonyl (C=O) groups excluding carboxylic acids is 1. The minimum Gasteiger partial charge on any atom is -0.496 e. The van der Waals surface area contributed by atoms with Crippen LogP contribution in [-0.4, -0.2) is 29.8 Å². The minimum atomic E-state index is -0.135. The van der Waals surface area contributed by atoms with Crippen molar-refractivity contribution in [3.8, 4) is 11.5 Å². The Labute approximate surface area is 118 Å². The molecule has 0 fully saturated rings. The Morgan fingerprint density at radius 2 is 1.85 bits per heavy atom. The topological polar surface area (TPSA) is 53.4 Å². The second-order valence-corrected chi connectivity index (χ2v) is 4.38. The molecule has 5 nitrogen and oxygen atoms in total. The van der Waals surface area contributed by atoms with E-state index in [0.717, 1.165) is 5.69 Å². The molecule has 0 aliphatic carbocycles. The van der Waals surface area contributed by atoms with E-state index in [9.17, 15) is 4.79 Å². The lowest BCUT2D eigenvalue weighted by atomic mass is 10.0. The highest BCUT2D eigenvalue weighted by atomic mass is 16.5. The standard InChI is InChI=1S/C15H18N2O3/c1-5-11-10(9-17(2)16-11)15(18)14-12(19-3)7-6-8-13(14)20-4/h6-9H,5H2,1-4H3. The van der Waals surface area contributed by atoms with Gasteiger partial charge in [-0.15, -0.1) is 0 Å². The van der Waals surface area contributed by atoms with Crippen molar-refractivity contribution >= 4 is 5.78 Å². The molecule has 0 bridgehead atoms. The molecule has 0 saturated carbocycles. The molecule has 0 amide bonds. The number of nitrogens with zero attached hydrogens (tertiary/aromatic N) is 2. The zero-order chi connectivity index (χ0) is 14.7. The van der Waals surface area contributed by atoms with Crippen LogP contribution < -0.4 is 9.47 Å². The molecule has 1 aromatic carbocycles. The monoisotopic (exact) mass is 274 g/mol. The van der Waals surface area contributed by atoms with Gasteiger partial charge >= 0.3 is 0 Å². The summed E-state index contributed by atoms with van der Waals surface area (Å²) in [5.74, 6) is 0.866. The third kappa shape index (κ3) is 2.39. The van der Waals surface area contributed by atoms with Gasteiger partial charge in [0, 0.05) is 13.2 Å². The molecule has 0 saturated heterocycles. The lowest BCUT2D eigenvalue weighted by molar-refractivity contribution is 0.103. The second kappa shape index (κ2) is 5.77. The summed E-state index contributed by atoms with van der Waals surface area (Å²) < 4.78 is 12.2. The molecule has 0 aliphatic heterocycles. The summed E-state index contributed by atoms with van der Waals surface area (Å²) in [4.78, 5) is 12.8. The molecule has 0 radical (unpaired) electrons. The number of methoxy groups -OCH3 is 2. The van der Waals surface area contributed by atoms with Crippen LogP contribution in [0.2, 0.25) is 0 Å². The number of carbonyl (C=O) groups is 1. The van der Waals surface area contributed by atoms with Crippen LogP contribution in [0.1, 0.15) is 28.5 Å². The summed E-state index contributed by atoms with van der Waals surface area (Å²) in [6, 6.07) is 5.29. The molecule has 20 heavy (non-hydrogen) atoms. The Balaban J connectivity index is 2.58. The van der Waals surface area contributed by atoms with Crippen LogP contribution in [0.3, 0.4) is 0 Å². The maximum Gasteiger partial charge on any atom is 0.203 e. The van der Waals surface area contributed by atoms with Crippen molar-refractivity contribution in [3.05, 3.63) is 41.2 Å². The summed E-state index contributed by atoms with van der Waals surface area (Å²) in [6.07, 6.45) is 2.42. The first kappa shape index (κ1) is 14.1. The quantitative estimate of drug-likeness (QED) is 0.785. The van der Waals surface area contributed by atoms with Crippen LogP contribution >= 0.6 is 0 Å². The fourth-order valence-electron chi connectivity index (χ4n) is 2.19. The molecular formula is C15H18N2O3. The van der Waals surface area contributed by atoms with Crippen molar-refractivity contribution in [1.82, 2.24) is 9.78 Å². The average molecular weight is 274 g/mol. The first-order chi connectivity index (χ1) is 9.62. The van der Waals surface area contributed by atoms with E-state index in [4.69, 9.17) is 9.47 Å². The highest BCUT2D eigenvalue weighted by Gasteiger charge is 2.23. The van der Waals surface area contributed by atoms with Gasteiger partial charge in [-0.1, -0.05) is 13.0 Å². The number of benzene rings is 1. The van der Waals surface area contributed by atoms with Crippen LogP contribution in [0.25, 0.3) is 0 Å². The molecule has 2 aromatic rings. The molecule has 1 heterocycles. The van der Waals surface area contributed by atoms with E-state index in [0.29, 0.717) is 29.0 Å². The Kier molecular flexibility index (Phi) is 4.08. The van der Waals surface area contributed by atoms with E-state index in [1.807, 2.05) is 6.92 Å². The molecule has 0 aliphatic rings. The molecule has 1 aromatic heterocycles. The maximum atomic E-state index is 12.8. The van der Waals surface area contributed by atoms with E-state index in [1.165, 1.54) is 14.2 Å². The van der Waals surface area contributed by atoms with Crippen LogP contribution in [0, 0.1) is 0 Å². The highest BCUT2D eigenvalue weighted by molar-refractivity contribution is 6.13. The van der Waals surface area contributed by atoms with Gasteiger partial charge < -0.3 is 9.47 Å². The maximum absolute atomic E-state index is 12.8. The predicted molar refractivity (Wildman–Crippen MR) is 75.6 cm³/mol. The molecule has 0 spiro atoms. The third-order valence-corrected chi connectivity index (χ3v) is 3.14. The summed E-state index contributed by atoms with van der Waals surface area (Å²) in [5.41, 5.74) is 1.78. The van der Waals surface area contributed by atoms with Gasteiger partial charge in [-0.3, -0.25) is 9.48 Å². The predicted octanol–water partition coefficient (Wildman–Crippen LogP) is 2.23. The second-order valence-electron chi connectivity index (χ2n) is 4.38. The zero-order valence-corrected chi connectivity index (χ0v) is 12.1. The van der Waals surface area contributed by atoms with Crippen LogP contribution in [0.5, 0.6) is 11.5 Å². The van der Waals surface area contributed by atoms with Crippen molar-refractivity contribution < 1.29 is 14.3 Å². The first-order valence-corrected chi connectivity index (χ1v) is 6.40. The molecule has 0 unspecified atom stereocenters. The largest absolute Gasteiger partial charge is 0.496 e. The highest BCUT2D eigenvalue weighted by Crippen LogP contribution is 2.31. The minimum absolute atomic E-state index is 0.135. The number of ketones is 1. The number of ether oxygens (including phenoxy) is 2. The van der Waals surface area contributed by atoms with Crippen molar-refractivity contribution in [2.75, 3.05) is 14.2 Å². The first-order valence-electron chi connectivity index (χ1n) is 6.40. The Morgan fingerprint density at radius 3 is 2.35 bits per heavy atom. The van der Waals surface area contributed by atoms with Crippen molar-refractivity contribution in [2.45, 2.75) is 13.3 Å². The van der Waals surface area contributed by atoms with Gasteiger partial charge in [-0.05, 0) is 18.6 Å². The average Bonchev–Trinajstić information content (AvgIpc) is 2.86. The molecule has 5 heteroatoms. The van der Waals surface area contributed by atoms with Crippen LogP contribution in [0.15, 0.2) is 24.4 Å². The molecule has 106 valence electrons. The van der Waals surface area contributed by atoms with Gasteiger partial charge in [-0.25, -0.2) is 0 Å². The Morgan fingerprint density at radius 1 is 1.25 bits per heavy atom. The van der Waals surface area contributed by atoms with Crippen molar-refractivity contribution in [1.29, 1.82) is 0 Å². The Bertz CT molecular complexity index is 610. The van der Waals surface area contributed by atoms with Crippen LogP contribution in [0.4, 0.5) is 0 Å². The van der Waals surface area contributed by atoms with E-state index in [2.05, 4.69) is 5.10 Å². The van der Waals surface area contributed by atoms with E-state index < -0.39 is 0 Å². The number of rotatable bonds is 5. The SMILES string of the molecule is CCc1nn(C)cc1C(=O)c1c(OC)cccc1OC. The molecular weight excluding hydrogens is 256 g/mol. The van der Waals surface area contributed by atoms with Gasteiger partial charge in [0.15, 0.2) is 0 Å². The number of hydrogen-bond acceptors (Lipinski definition) is 4. The smallest absolute Gasteiger partial charge is 0.203 e. The lowest BCUT2D eigenvalue weighted by Gasteiger charge is -2.11. The van der Waals surface area contributed by atoms with Gasteiger partial charge in [0.25, 0.3) is 0 Å². The fourth-order valence-corrected chi connectivity index (χ4v) is 2.19. The van der Waals surface area contributed by atoms with Gasteiger partial charge in [0.2, 0.25) is 5.78 Å². The van der Waals surface area contributed by atoms with Crippen molar-refractivity contribution in [2.24, 2.45) is 7.05 Å². The van der Waals surface area contributed by atoms with E-state index in [-0.39, 0.29) is 5.78 Å². The molecule has 0 atom stereocenters. The molecule has 2 rings (SSSR count).